The van der Waals surface area contributed by atoms with E-state index in [4.69, 9.17) is 21.9 Å². The summed E-state index contributed by atoms with van der Waals surface area (Å²) in [7, 11) is 9.34. The van der Waals surface area contributed by atoms with E-state index in [0.717, 1.165) is 13.1 Å². The average Bonchev–Trinajstić information content (AvgIpc) is 2.50. The monoisotopic (exact) mass is 443 g/mol. The van der Waals surface area contributed by atoms with Gasteiger partial charge in [0.25, 0.3) is 0 Å². The molecule has 11 heteroatoms. The first-order valence-corrected chi connectivity index (χ1v) is 7.81. The van der Waals surface area contributed by atoms with Crippen molar-refractivity contribution in [1.29, 1.82) is 10.8 Å². The van der Waals surface area contributed by atoms with E-state index in [2.05, 4.69) is 29.8 Å². The maximum atomic E-state index is 8.19. The van der Waals surface area contributed by atoms with Gasteiger partial charge in [0.2, 0.25) is 0 Å². The number of allylic oxidation sites excluding steroid dienone is 8. The van der Waals surface area contributed by atoms with Crippen LogP contribution in [0.5, 0.6) is 0 Å². The summed E-state index contributed by atoms with van der Waals surface area (Å²) in [5.74, 6) is 0. The molecule has 23 heavy (non-hydrogen) atoms. The molecule has 0 spiro atoms. The molecule has 0 bridgehead atoms. The topological polar surface area (TPSA) is 120 Å². The largest absolute Gasteiger partial charge is 0.361 e. The summed E-state index contributed by atoms with van der Waals surface area (Å²) in [4.78, 5) is 5.86. The molecule has 2 aliphatic carbocycles. The molecule has 0 aromatic rings. The Morgan fingerprint density at radius 3 is 1.09 bits per heavy atom. The Morgan fingerprint density at radius 1 is 0.696 bits per heavy atom. The molecule has 0 aliphatic heterocycles. The van der Waals surface area contributed by atoms with Crippen LogP contribution in [0.1, 0.15) is 0 Å². The van der Waals surface area contributed by atoms with E-state index in [1.165, 1.54) is 0 Å². The average molecular weight is 446 g/mol. The molecular formula is C12H12Cl4CuN6. The molecule has 2 rings (SSSR count). The van der Waals surface area contributed by atoms with Crippen LogP contribution in [0.25, 0.3) is 11.1 Å². The van der Waals surface area contributed by atoms with Gasteiger partial charge in [0, 0.05) is 24.3 Å². The molecule has 0 unspecified atom stereocenters. The molecular weight excluding hydrogens is 434 g/mol. The number of nitrogens with zero attached hydrogens (tertiary/aromatic N) is 4. The second-order valence-electron chi connectivity index (χ2n) is 3.34. The van der Waals surface area contributed by atoms with Gasteiger partial charge < -0.3 is 21.9 Å². The molecule has 2 aliphatic rings. The summed E-state index contributed by atoms with van der Waals surface area (Å²) < 4.78 is 0. The number of halogens is 4. The van der Waals surface area contributed by atoms with Crippen LogP contribution in [0.3, 0.4) is 0 Å². The van der Waals surface area contributed by atoms with Crippen molar-refractivity contribution in [2.45, 2.75) is 0 Å². The Hall–Kier alpha value is -1.26. The molecule has 0 aromatic carbocycles. The third-order valence-electron chi connectivity index (χ3n) is 1.97. The summed E-state index contributed by atoms with van der Waals surface area (Å²) in [6.45, 7) is 0. The van der Waals surface area contributed by atoms with E-state index in [1.807, 2.05) is 0 Å². The molecule has 0 radical (unpaired) electrons. The van der Waals surface area contributed by atoms with E-state index in [1.54, 1.807) is 48.6 Å². The first-order valence-electron chi connectivity index (χ1n) is 5.22. The quantitative estimate of drug-likeness (QED) is 0.244. The zero-order valence-corrected chi connectivity index (χ0v) is 15.4. The van der Waals surface area contributed by atoms with Crippen molar-refractivity contribution in [2.24, 2.45) is 0 Å². The summed E-state index contributed by atoms with van der Waals surface area (Å²) in [5.41, 5.74) is 18.2. The van der Waals surface area contributed by atoms with Crippen LogP contribution in [0.4, 0.5) is 0 Å². The van der Waals surface area contributed by atoms with Crippen LogP contribution >= 0.6 is 45.0 Å². The van der Waals surface area contributed by atoms with Gasteiger partial charge in [-0.25, -0.2) is 0 Å². The smallest absolute Gasteiger partial charge is 0.315 e. The zero-order valence-electron chi connectivity index (χ0n) is 11.3. The minimum Gasteiger partial charge on any atom is -0.361 e. The van der Waals surface area contributed by atoms with Crippen molar-refractivity contribution < 1.29 is 22.7 Å². The van der Waals surface area contributed by atoms with Gasteiger partial charge in [0.1, 0.15) is 0 Å². The SMILES string of the molecule is Cl.Cl.[Cl][Cu][Cl].[N-]=[N+]=C1C=CC(=N)C=C1.[N-]=[N+]=C1C=CC(=N)C=C1. The third-order valence-corrected chi connectivity index (χ3v) is 1.97. The van der Waals surface area contributed by atoms with Crippen LogP contribution in [0.15, 0.2) is 48.6 Å². The van der Waals surface area contributed by atoms with Gasteiger partial charge in [-0.3, -0.25) is 0 Å². The van der Waals surface area contributed by atoms with E-state index in [9.17, 15) is 0 Å². The van der Waals surface area contributed by atoms with Crippen molar-refractivity contribution in [3.8, 4) is 0 Å². The Bertz CT molecular complexity index is 535. The Kier molecular flexibility index (Phi) is 19.8. The van der Waals surface area contributed by atoms with Gasteiger partial charge in [-0.05, 0) is 24.3 Å². The normalized spacial score (nSPS) is 13.5. The van der Waals surface area contributed by atoms with Crippen molar-refractivity contribution in [3.05, 3.63) is 59.7 Å². The van der Waals surface area contributed by atoms with Gasteiger partial charge in [-0.15, -0.1) is 24.8 Å². The first kappa shape index (κ1) is 26.6. The maximum absolute atomic E-state index is 8.19. The van der Waals surface area contributed by atoms with E-state index in [0.29, 0.717) is 22.8 Å². The van der Waals surface area contributed by atoms with E-state index in [-0.39, 0.29) is 24.8 Å². The number of hydrogen-bond donors (Lipinski definition) is 2. The van der Waals surface area contributed by atoms with Crippen molar-refractivity contribution in [1.82, 2.24) is 0 Å². The third kappa shape index (κ3) is 14.1. The molecule has 0 saturated heterocycles. The predicted octanol–water partition coefficient (Wildman–Crippen LogP) is 3.83. The summed E-state index contributed by atoms with van der Waals surface area (Å²) >= 11 is 0.757. The molecule has 0 heterocycles. The predicted molar refractivity (Wildman–Crippen MR) is 95.5 cm³/mol. The fourth-order valence-electron chi connectivity index (χ4n) is 1.06. The molecule has 0 saturated carbocycles. The molecule has 0 fully saturated rings. The summed E-state index contributed by atoms with van der Waals surface area (Å²) in [6, 6.07) is 0. The first-order chi connectivity index (χ1) is 10.1. The second kappa shape index (κ2) is 17.1. The fourth-order valence-corrected chi connectivity index (χ4v) is 1.06. The molecule has 0 amide bonds. The Morgan fingerprint density at radius 2 is 0.913 bits per heavy atom. The molecule has 6 nitrogen and oxygen atoms in total. The number of hydrogen-bond acceptors (Lipinski definition) is 2. The van der Waals surface area contributed by atoms with E-state index < -0.39 is 0 Å². The Labute approximate surface area is 160 Å². The van der Waals surface area contributed by atoms with E-state index >= 15 is 0 Å². The van der Waals surface area contributed by atoms with Crippen LogP contribution in [-0.4, -0.2) is 32.4 Å². The number of rotatable bonds is 0. The Balaban J connectivity index is -0.000000277. The fraction of sp³-hybridized carbons (Fsp3) is 0. The van der Waals surface area contributed by atoms with Crippen LogP contribution in [0.2, 0.25) is 0 Å². The van der Waals surface area contributed by atoms with Crippen LogP contribution in [0, 0.1) is 10.8 Å². The number of nitrogens with one attached hydrogen (secondary N) is 2. The molecule has 0 atom stereocenters. The van der Waals surface area contributed by atoms with Crippen molar-refractivity contribution in [2.75, 3.05) is 0 Å². The minimum atomic E-state index is 0. The van der Waals surface area contributed by atoms with Gasteiger partial charge in [0.05, 0.1) is 11.4 Å². The standard InChI is InChI=1S/2C6H5N3.4ClH.Cu/c2*7-5-1-3-6(9-8)4-2-5;;;;;/h2*1-4,7H;4*1H;/q;;;;;;+2/p-2. The zero-order chi connectivity index (χ0) is 16.1. The van der Waals surface area contributed by atoms with Crippen LogP contribution in [-0.2, 0) is 13.1 Å². The van der Waals surface area contributed by atoms with Gasteiger partial charge in [-0.1, -0.05) is 0 Å². The van der Waals surface area contributed by atoms with Gasteiger partial charge >= 0.3 is 44.8 Å². The second-order valence-corrected chi connectivity index (χ2v) is 4.89. The molecule has 2 N–H and O–H groups in total. The van der Waals surface area contributed by atoms with Crippen molar-refractivity contribution in [3.63, 3.8) is 0 Å². The molecule has 0 aromatic heterocycles. The van der Waals surface area contributed by atoms with Gasteiger partial charge in [-0.2, -0.15) is 9.58 Å². The summed E-state index contributed by atoms with van der Waals surface area (Å²) in [6.07, 6.45) is 12.5. The van der Waals surface area contributed by atoms with Crippen molar-refractivity contribution >= 4 is 67.9 Å². The molecule has 129 valence electrons. The maximum Gasteiger partial charge on any atom is 0.315 e. The van der Waals surface area contributed by atoms with Gasteiger partial charge in [0.15, 0.2) is 0 Å². The summed E-state index contributed by atoms with van der Waals surface area (Å²) in [5, 5.41) is 14.1. The van der Waals surface area contributed by atoms with Crippen LogP contribution < -0.4 is 0 Å². The minimum absolute atomic E-state index is 0.